The van der Waals surface area contributed by atoms with Gasteiger partial charge in [-0.05, 0) is 43.2 Å². The number of carbonyl (C=O) groups is 1. The minimum absolute atomic E-state index is 0.177. The Balaban J connectivity index is 1.30. The number of pyridine rings is 1. The van der Waals surface area contributed by atoms with E-state index in [1.165, 1.54) is 6.07 Å². The standard InChI is InChI=1S/C24H27N5O3/c1-17-15-22(30)27-24(26-17)19-6-9-21(25-16-19)28-11-13-29(14-12-28)23(31)10-5-18-3-7-20(32-2)8-4-18/h3-4,6-9,15-16H,5,10-14H2,1-2H3,(H,26,27,30). The van der Waals surface area contributed by atoms with E-state index in [0.29, 0.717) is 31.0 Å². The Morgan fingerprint density at radius 3 is 2.47 bits per heavy atom. The van der Waals surface area contributed by atoms with Crippen LogP contribution in [0.15, 0.2) is 53.5 Å². The summed E-state index contributed by atoms with van der Waals surface area (Å²) >= 11 is 0. The van der Waals surface area contributed by atoms with Crippen LogP contribution in [0.25, 0.3) is 11.4 Å². The number of hydrogen-bond acceptors (Lipinski definition) is 6. The molecule has 0 unspecified atom stereocenters. The van der Waals surface area contributed by atoms with Crippen LogP contribution in [0.5, 0.6) is 5.75 Å². The lowest BCUT2D eigenvalue weighted by atomic mass is 10.1. The predicted octanol–water partition coefficient (Wildman–Crippen LogP) is 2.43. The molecule has 1 aromatic carbocycles. The van der Waals surface area contributed by atoms with Gasteiger partial charge in [-0.1, -0.05) is 12.1 Å². The summed E-state index contributed by atoms with van der Waals surface area (Å²) in [6.45, 7) is 4.62. The highest BCUT2D eigenvalue weighted by atomic mass is 16.5. The predicted molar refractivity (Wildman–Crippen MR) is 123 cm³/mol. The van der Waals surface area contributed by atoms with E-state index in [9.17, 15) is 9.59 Å². The van der Waals surface area contributed by atoms with Crippen LogP contribution in [0.4, 0.5) is 5.82 Å². The van der Waals surface area contributed by atoms with E-state index in [4.69, 9.17) is 4.74 Å². The maximum absolute atomic E-state index is 12.6. The molecule has 1 aliphatic rings. The molecule has 1 N–H and O–H groups in total. The van der Waals surface area contributed by atoms with E-state index in [1.807, 2.05) is 41.3 Å². The Hall–Kier alpha value is -3.68. The van der Waals surface area contributed by atoms with Crippen LogP contribution >= 0.6 is 0 Å². The summed E-state index contributed by atoms with van der Waals surface area (Å²) in [5.74, 6) is 2.37. The molecule has 0 spiro atoms. The van der Waals surface area contributed by atoms with Crippen molar-refractivity contribution in [3.63, 3.8) is 0 Å². The molecule has 1 amide bonds. The van der Waals surface area contributed by atoms with Crippen molar-refractivity contribution in [1.82, 2.24) is 19.9 Å². The number of methoxy groups -OCH3 is 1. The molecule has 0 radical (unpaired) electrons. The van der Waals surface area contributed by atoms with Crippen molar-refractivity contribution in [2.24, 2.45) is 0 Å². The SMILES string of the molecule is COc1ccc(CCC(=O)N2CCN(c3ccc(-c4nc(C)cc(=O)[nH]4)cn3)CC2)cc1. The van der Waals surface area contributed by atoms with E-state index >= 15 is 0 Å². The molecule has 8 heteroatoms. The summed E-state index contributed by atoms with van der Waals surface area (Å²) < 4.78 is 5.17. The summed E-state index contributed by atoms with van der Waals surface area (Å²) in [6, 6.07) is 13.1. The van der Waals surface area contributed by atoms with Gasteiger partial charge in [0.25, 0.3) is 5.56 Å². The number of nitrogens with zero attached hydrogens (tertiary/aromatic N) is 4. The number of aromatic nitrogens is 3. The number of piperazine rings is 1. The highest BCUT2D eigenvalue weighted by Gasteiger charge is 2.21. The molecule has 0 aliphatic carbocycles. The second kappa shape index (κ2) is 9.64. The zero-order valence-corrected chi connectivity index (χ0v) is 18.4. The molecule has 1 fully saturated rings. The number of rotatable bonds is 6. The maximum atomic E-state index is 12.6. The minimum atomic E-state index is -0.177. The molecule has 8 nitrogen and oxygen atoms in total. The van der Waals surface area contributed by atoms with Gasteiger partial charge in [-0.25, -0.2) is 9.97 Å². The number of H-pyrrole nitrogens is 1. The lowest BCUT2D eigenvalue weighted by Gasteiger charge is -2.35. The van der Waals surface area contributed by atoms with Crippen LogP contribution in [0, 0.1) is 6.92 Å². The smallest absolute Gasteiger partial charge is 0.251 e. The van der Waals surface area contributed by atoms with Crippen molar-refractivity contribution in [2.45, 2.75) is 19.8 Å². The van der Waals surface area contributed by atoms with Gasteiger partial charge in [0.05, 0.1) is 7.11 Å². The highest BCUT2D eigenvalue weighted by Crippen LogP contribution is 2.19. The third kappa shape index (κ3) is 5.14. The van der Waals surface area contributed by atoms with Gasteiger partial charge < -0.3 is 19.5 Å². The summed E-state index contributed by atoms with van der Waals surface area (Å²) in [5, 5.41) is 0. The minimum Gasteiger partial charge on any atom is -0.497 e. The first kappa shape index (κ1) is 21.5. The topological polar surface area (TPSA) is 91.4 Å². The molecule has 4 rings (SSSR count). The Bertz CT molecular complexity index is 1120. The highest BCUT2D eigenvalue weighted by molar-refractivity contribution is 5.76. The average Bonchev–Trinajstić information content (AvgIpc) is 2.82. The van der Waals surface area contributed by atoms with Gasteiger partial charge >= 0.3 is 0 Å². The molecule has 3 heterocycles. The number of aromatic amines is 1. The van der Waals surface area contributed by atoms with E-state index < -0.39 is 0 Å². The van der Waals surface area contributed by atoms with Crippen molar-refractivity contribution < 1.29 is 9.53 Å². The quantitative estimate of drug-likeness (QED) is 0.642. The second-order valence-corrected chi connectivity index (χ2v) is 7.86. The lowest BCUT2D eigenvalue weighted by Crippen LogP contribution is -2.49. The largest absolute Gasteiger partial charge is 0.497 e. The molecular weight excluding hydrogens is 406 g/mol. The van der Waals surface area contributed by atoms with Crippen LogP contribution in [0.3, 0.4) is 0 Å². The fourth-order valence-electron chi connectivity index (χ4n) is 3.82. The van der Waals surface area contributed by atoms with Crippen molar-refractivity contribution in [3.8, 4) is 17.1 Å². The molecule has 166 valence electrons. The molecule has 0 saturated carbocycles. The van der Waals surface area contributed by atoms with Crippen molar-refractivity contribution in [3.05, 3.63) is 70.3 Å². The Kier molecular flexibility index (Phi) is 6.49. The first-order chi connectivity index (χ1) is 15.5. The van der Waals surface area contributed by atoms with E-state index in [1.54, 1.807) is 20.2 Å². The molecule has 1 aliphatic heterocycles. The number of nitrogens with one attached hydrogen (secondary N) is 1. The monoisotopic (exact) mass is 433 g/mol. The van der Waals surface area contributed by atoms with Crippen LogP contribution in [-0.2, 0) is 11.2 Å². The van der Waals surface area contributed by atoms with Crippen LogP contribution in [0.2, 0.25) is 0 Å². The van der Waals surface area contributed by atoms with Gasteiger partial charge in [0, 0.05) is 56.1 Å². The zero-order chi connectivity index (χ0) is 22.5. The summed E-state index contributed by atoms with van der Waals surface area (Å²) in [5.41, 5.74) is 2.39. The number of ether oxygens (including phenoxy) is 1. The molecule has 0 bridgehead atoms. The normalized spacial score (nSPS) is 13.8. The van der Waals surface area contributed by atoms with E-state index in [0.717, 1.165) is 42.2 Å². The fraction of sp³-hybridized carbons (Fsp3) is 0.333. The molecule has 32 heavy (non-hydrogen) atoms. The van der Waals surface area contributed by atoms with Crippen molar-refractivity contribution in [2.75, 3.05) is 38.2 Å². The summed E-state index contributed by atoms with van der Waals surface area (Å²) in [7, 11) is 1.64. The number of benzene rings is 1. The van der Waals surface area contributed by atoms with Crippen LogP contribution < -0.4 is 15.2 Å². The van der Waals surface area contributed by atoms with Gasteiger partial charge in [-0.15, -0.1) is 0 Å². The molecule has 0 atom stereocenters. The number of aryl methyl sites for hydroxylation is 2. The Labute approximate surface area is 186 Å². The van der Waals surface area contributed by atoms with Gasteiger partial charge in [-0.3, -0.25) is 9.59 Å². The first-order valence-electron chi connectivity index (χ1n) is 10.7. The summed E-state index contributed by atoms with van der Waals surface area (Å²) in [6.07, 6.45) is 2.95. The van der Waals surface area contributed by atoms with Gasteiger partial charge in [0.2, 0.25) is 5.91 Å². The van der Waals surface area contributed by atoms with Crippen LogP contribution in [0.1, 0.15) is 17.7 Å². The van der Waals surface area contributed by atoms with E-state index in [2.05, 4.69) is 19.9 Å². The summed E-state index contributed by atoms with van der Waals surface area (Å²) in [4.78, 5) is 40.1. The second-order valence-electron chi connectivity index (χ2n) is 7.86. The maximum Gasteiger partial charge on any atom is 0.251 e. The van der Waals surface area contributed by atoms with Gasteiger partial charge in [-0.2, -0.15) is 0 Å². The lowest BCUT2D eigenvalue weighted by molar-refractivity contribution is -0.131. The van der Waals surface area contributed by atoms with Gasteiger partial charge in [0.1, 0.15) is 17.4 Å². The Morgan fingerprint density at radius 1 is 1.09 bits per heavy atom. The fourth-order valence-corrected chi connectivity index (χ4v) is 3.82. The number of carbonyl (C=O) groups excluding carboxylic acids is 1. The molecule has 1 saturated heterocycles. The number of amides is 1. The Morgan fingerprint density at radius 2 is 1.84 bits per heavy atom. The first-order valence-corrected chi connectivity index (χ1v) is 10.7. The van der Waals surface area contributed by atoms with Crippen LogP contribution in [-0.4, -0.2) is 59.0 Å². The van der Waals surface area contributed by atoms with E-state index in [-0.39, 0.29) is 11.5 Å². The third-order valence-electron chi connectivity index (χ3n) is 5.63. The molecular formula is C24H27N5O3. The van der Waals surface area contributed by atoms with Crippen molar-refractivity contribution in [1.29, 1.82) is 0 Å². The third-order valence-corrected chi connectivity index (χ3v) is 5.63. The molecule has 2 aromatic heterocycles. The average molecular weight is 434 g/mol. The number of hydrogen-bond donors (Lipinski definition) is 1. The number of anilines is 1. The zero-order valence-electron chi connectivity index (χ0n) is 18.4. The van der Waals surface area contributed by atoms with Crippen molar-refractivity contribution >= 4 is 11.7 Å². The van der Waals surface area contributed by atoms with Gasteiger partial charge in [0.15, 0.2) is 0 Å². The molecule has 3 aromatic rings.